The van der Waals surface area contributed by atoms with Crippen LogP contribution < -0.4 is 5.32 Å². The third kappa shape index (κ3) is 2.85. The number of imidazole rings is 1. The lowest BCUT2D eigenvalue weighted by molar-refractivity contribution is 0.0527. The molecule has 6 heteroatoms. The van der Waals surface area contributed by atoms with Crippen LogP contribution in [0.4, 0.5) is 5.82 Å². The quantitative estimate of drug-likeness (QED) is 0.783. The highest BCUT2D eigenvalue weighted by molar-refractivity contribution is 5.94. The number of nitrogens with one attached hydrogen (secondary N) is 2. The van der Waals surface area contributed by atoms with E-state index < -0.39 is 0 Å². The van der Waals surface area contributed by atoms with Crippen LogP contribution in [0.1, 0.15) is 23.1 Å². The Balaban J connectivity index is 2.09. The molecule has 0 aliphatic rings. The topological polar surface area (TPSA) is 79.9 Å². The van der Waals surface area contributed by atoms with Crippen LogP contribution >= 0.6 is 0 Å². The summed E-state index contributed by atoms with van der Waals surface area (Å²) in [6.45, 7) is 2.58. The normalized spacial score (nSPS) is 10.1. The average molecular weight is 246 g/mol. The Morgan fingerprint density at radius 3 is 3.06 bits per heavy atom. The fraction of sp³-hybridized carbons (Fsp3) is 0.250. The molecule has 0 aliphatic carbocycles. The number of nitrogens with zero attached hydrogens (tertiary/aromatic N) is 2. The van der Waals surface area contributed by atoms with Gasteiger partial charge in [-0.3, -0.25) is 0 Å². The second-order valence-electron chi connectivity index (χ2n) is 3.51. The van der Waals surface area contributed by atoms with E-state index in [9.17, 15) is 4.79 Å². The summed E-state index contributed by atoms with van der Waals surface area (Å²) in [4.78, 5) is 22.9. The van der Waals surface area contributed by atoms with Crippen LogP contribution in [0.25, 0.3) is 0 Å². The van der Waals surface area contributed by atoms with E-state index in [-0.39, 0.29) is 5.97 Å². The minimum atomic E-state index is -0.382. The fourth-order valence-electron chi connectivity index (χ4n) is 1.48. The summed E-state index contributed by atoms with van der Waals surface area (Å²) < 4.78 is 4.96. The molecular weight excluding hydrogens is 232 g/mol. The zero-order chi connectivity index (χ0) is 12.8. The molecule has 0 bridgehead atoms. The van der Waals surface area contributed by atoms with E-state index in [1.807, 2.05) is 0 Å². The Kier molecular flexibility index (Phi) is 3.90. The summed E-state index contributed by atoms with van der Waals surface area (Å²) in [5, 5.41) is 3.05. The molecule has 2 aromatic heterocycles. The molecule has 0 amide bonds. The standard InChI is InChI=1S/C12H14N4O2/c1-2-18-12(17)9-4-3-5-15-11(9)16-8-10-13-6-7-14-10/h3-7H,2,8H2,1H3,(H,13,14)(H,15,16). The number of hydrogen-bond donors (Lipinski definition) is 2. The lowest BCUT2D eigenvalue weighted by Crippen LogP contribution is -2.11. The number of rotatable bonds is 5. The van der Waals surface area contributed by atoms with E-state index in [4.69, 9.17) is 4.74 Å². The average Bonchev–Trinajstić information content (AvgIpc) is 2.90. The highest BCUT2D eigenvalue weighted by atomic mass is 16.5. The Hall–Kier alpha value is -2.37. The monoisotopic (exact) mass is 246 g/mol. The van der Waals surface area contributed by atoms with Crippen molar-refractivity contribution in [3.8, 4) is 0 Å². The lowest BCUT2D eigenvalue weighted by atomic mass is 10.2. The Morgan fingerprint density at radius 1 is 1.44 bits per heavy atom. The van der Waals surface area contributed by atoms with E-state index in [1.54, 1.807) is 37.6 Å². The molecule has 0 fully saturated rings. The van der Waals surface area contributed by atoms with Gasteiger partial charge in [0.2, 0.25) is 0 Å². The van der Waals surface area contributed by atoms with Crippen molar-refractivity contribution in [2.45, 2.75) is 13.5 Å². The molecule has 2 rings (SSSR count). The predicted octanol–water partition coefficient (Wildman–Crippen LogP) is 1.59. The van der Waals surface area contributed by atoms with E-state index >= 15 is 0 Å². The van der Waals surface area contributed by atoms with Gasteiger partial charge in [-0.2, -0.15) is 0 Å². The van der Waals surface area contributed by atoms with E-state index in [2.05, 4.69) is 20.3 Å². The lowest BCUT2D eigenvalue weighted by Gasteiger charge is -2.08. The van der Waals surface area contributed by atoms with Crippen molar-refractivity contribution in [3.05, 3.63) is 42.1 Å². The van der Waals surface area contributed by atoms with Crippen molar-refractivity contribution >= 4 is 11.8 Å². The van der Waals surface area contributed by atoms with Crippen molar-refractivity contribution in [1.29, 1.82) is 0 Å². The van der Waals surface area contributed by atoms with Crippen LogP contribution in [0, 0.1) is 0 Å². The first-order valence-electron chi connectivity index (χ1n) is 5.65. The van der Waals surface area contributed by atoms with Crippen LogP contribution in [-0.2, 0) is 11.3 Å². The molecular formula is C12H14N4O2. The number of esters is 1. The molecule has 2 aromatic rings. The van der Waals surface area contributed by atoms with Gasteiger partial charge in [-0.15, -0.1) is 0 Å². The summed E-state index contributed by atoms with van der Waals surface area (Å²) in [7, 11) is 0. The maximum Gasteiger partial charge on any atom is 0.341 e. The van der Waals surface area contributed by atoms with Gasteiger partial charge in [-0.25, -0.2) is 14.8 Å². The van der Waals surface area contributed by atoms with Crippen LogP contribution in [0.3, 0.4) is 0 Å². The van der Waals surface area contributed by atoms with Crippen LogP contribution in [0.2, 0.25) is 0 Å². The first-order chi connectivity index (χ1) is 8.81. The number of pyridine rings is 1. The van der Waals surface area contributed by atoms with Gasteiger partial charge in [0.1, 0.15) is 17.2 Å². The summed E-state index contributed by atoms with van der Waals surface area (Å²) in [6, 6.07) is 3.37. The summed E-state index contributed by atoms with van der Waals surface area (Å²) in [6.07, 6.45) is 5.02. The molecule has 18 heavy (non-hydrogen) atoms. The molecule has 0 atom stereocenters. The van der Waals surface area contributed by atoms with E-state index in [0.717, 1.165) is 5.82 Å². The Bertz CT molecular complexity index is 511. The van der Waals surface area contributed by atoms with Gasteiger partial charge in [-0.1, -0.05) is 0 Å². The largest absolute Gasteiger partial charge is 0.462 e. The second kappa shape index (κ2) is 5.81. The molecule has 2 N–H and O–H groups in total. The number of hydrogen-bond acceptors (Lipinski definition) is 5. The number of carbonyl (C=O) groups is 1. The third-order valence-corrected chi connectivity index (χ3v) is 2.28. The van der Waals surface area contributed by atoms with Gasteiger partial charge in [0.05, 0.1) is 13.2 Å². The van der Waals surface area contributed by atoms with Gasteiger partial charge in [0.25, 0.3) is 0 Å². The van der Waals surface area contributed by atoms with E-state index in [1.165, 1.54) is 0 Å². The van der Waals surface area contributed by atoms with Crippen LogP contribution in [0.5, 0.6) is 0 Å². The van der Waals surface area contributed by atoms with Crippen molar-refractivity contribution < 1.29 is 9.53 Å². The zero-order valence-electron chi connectivity index (χ0n) is 10.0. The molecule has 0 aliphatic heterocycles. The van der Waals surface area contributed by atoms with Crippen LogP contribution in [0.15, 0.2) is 30.7 Å². The number of H-pyrrole nitrogens is 1. The van der Waals surface area contributed by atoms with Crippen LogP contribution in [-0.4, -0.2) is 27.5 Å². The number of ether oxygens (including phenoxy) is 1. The maximum absolute atomic E-state index is 11.7. The van der Waals surface area contributed by atoms with Gasteiger partial charge in [0, 0.05) is 18.6 Å². The van der Waals surface area contributed by atoms with Crippen molar-refractivity contribution in [2.75, 3.05) is 11.9 Å². The van der Waals surface area contributed by atoms with E-state index in [0.29, 0.717) is 24.5 Å². The van der Waals surface area contributed by atoms with Gasteiger partial charge in [-0.05, 0) is 19.1 Å². The molecule has 0 unspecified atom stereocenters. The number of aromatic amines is 1. The summed E-state index contributed by atoms with van der Waals surface area (Å²) >= 11 is 0. The molecule has 0 saturated carbocycles. The maximum atomic E-state index is 11.7. The number of aromatic nitrogens is 3. The van der Waals surface area contributed by atoms with Gasteiger partial charge >= 0.3 is 5.97 Å². The van der Waals surface area contributed by atoms with Crippen molar-refractivity contribution in [3.63, 3.8) is 0 Å². The third-order valence-electron chi connectivity index (χ3n) is 2.28. The molecule has 2 heterocycles. The molecule has 0 radical (unpaired) electrons. The molecule has 94 valence electrons. The minimum Gasteiger partial charge on any atom is -0.462 e. The first kappa shape index (κ1) is 12.1. The highest BCUT2D eigenvalue weighted by Crippen LogP contribution is 2.13. The predicted molar refractivity (Wildman–Crippen MR) is 66.1 cm³/mol. The SMILES string of the molecule is CCOC(=O)c1cccnc1NCc1ncc[nH]1. The van der Waals surface area contributed by atoms with Gasteiger partial charge < -0.3 is 15.0 Å². The minimum absolute atomic E-state index is 0.339. The highest BCUT2D eigenvalue weighted by Gasteiger charge is 2.12. The first-order valence-corrected chi connectivity index (χ1v) is 5.65. The molecule has 0 spiro atoms. The fourth-order valence-corrected chi connectivity index (χ4v) is 1.48. The number of carbonyl (C=O) groups excluding carboxylic acids is 1. The second-order valence-corrected chi connectivity index (χ2v) is 3.51. The van der Waals surface area contributed by atoms with Crippen molar-refractivity contribution in [2.24, 2.45) is 0 Å². The summed E-state index contributed by atoms with van der Waals surface area (Å²) in [5.74, 6) is 0.885. The smallest absolute Gasteiger partial charge is 0.341 e. The zero-order valence-corrected chi connectivity index (χ0v) is 10.0. The Morgan fingerprint density at radius 2 is 2.33 bits per heavy atom. The molecule has 0 aromatic carbocycles. The number of anilines is 1. The molecule has 6 nitrogen and oxygen atoms in total. The van der Waals surface area contributed by atoms with Gasteiger partial charge in [0.15, 0.2) is 0 Å². The molecule has 0 saturated heterocycles. The Labute approximate surface area is 104 Å². The van der Waals surface area contributed by atoms with Crippen molar-refractivity contribution in [1.82, 2.24) is 15.0 Å². The summed E-state index contributed by atoms with van der Waals surface area (Å²) in [5.41, 5.74) is 0.422.